The Morgan fingerprint density at radius 1 is 1.46 bits per heavy atom. The third-order valence-corrected chi connectivity index (χ3v) is 2.35. The average molecular weight is 222 g/mol. The van der Waals surface area contributed by atoms with Gasteiger partial charge in [0.25, 0.3) is 0 Å². The standard InChI is InChI=1S/C9H10Cl2FN/c1-2-8(13)6-3-5(10)4-7(11)9(6)12/h3-4,8H,2,13H2,1H3/t8-/m1/s1. The summed E-state index contributed by atoms with van der Waals surface area (Å²) in [5.74, 6) is -0.472. The monoisotopic (exact) mass is 221 g/mol. The van der Waals surface area contributed by atoms with Crippen LogP contribution in [-0.4, -0.2) is 0 Å². The zero-order valence-electron chi connectivity index (χ0n) is 7.15. The molecule has 0 fully saturated rings. The summed E-state index contributed by atoms with van der Waals surface area (Å²) >= 11 is 11.3. The van der Waals surface area contributed by atoms with Crippen molar-refractivity contribution in [2.45, 2.75) is 19.4 Å². The zero-order chi connectivity index (χ0) is 10.0. The summed E-state index contributed by atoms with van der Waals surface area (Å²) in [5.41, 5.74) is 6.05. The number of benzene rings is 1. The van der Waals surface area contributed by atoms with E-state index in [1.165, 1.54) is 12.1 Å². The first-order valence-electron chi connectivity index (χ1n) is 3.96. The van der Waals surface area contributed by atoms with Gasteiger partial charge in [-0.25, -0.2) is 4.39 Å². The molecule has 1 rings (SSSR count). The lowest BCUT2D eigenvalue weighted by atomic mass is 10.1. The molecule has 13 heavy (non-hydrogen) atoms. The first-order valence-corrected chi connectivity index (χ1v) is 4.71. The van der Waals surface area contributed by atoms with Crippen LogP contribution in [-0.2, 0) is 0 Å². The van der Waals surface area contributed by atoms with Gasteiger partial charge < -0.3 is 5.73 Å². The Morgan fingerprint density at radius 2 is 2.08 bits per heavy atom. The zero-order valence-corrected chi connectivity index (χ0v) is 8.66. The van der Waals surface area contributed by atoms with E-state index in [0.29, 0.717) is 17.0 Å². The fourth-order valence-electron chi connectivity index (χ4n) is 1.07. The lowest BCUT2D eigenvalue weighted by molar-refractivity contribution is 0.576. The summed E-state index contributed by atoms with van der Waals surface area (Å²) in [6.07, 6.45) is 0.646. The van der Waals surface area contributed by atoms with Crippen LogP contribution in [0.5, 0.6) is 0 Å². The van der Waals surface area contributed by atoms with E-state index >= 15 is 0 Å². The van der Waals surface area contributed by atoms with Gasteiger partial charge in [-0.05, 0) is 18.6 Å². The third-order valence-electron chi connectivity index (χ3n) is 1.86. The number of halogens is 3. The van der Waals surface area contributed by atoms with Crippen molar-refractivity contribution in [3.63, 3.8) is 0 Å². The summed E-state index contributed by atoms with van der Waals surface area (Å²) in [6, 6.07) is 2.53. The number of hydrogen-bond donors (Lipinski definition) is 1. The van der Waals surface area contributed by atoms with Crippen molar-refractivity contribution in [2.24, 2.45) is 5.73 Å². The van der Waals surface area contributed by atoms with Crippen molar-refractivity contribution in [2.75, 3.05) is 0 Å². The van der Waals surface area contributed by atoms with Crippen molar-refractivity contribution in [1.82, 2.24) is 0 Å². The van der Waals surface area contributed by atoms with Gasteiger partial charge in [0, 0.05) is 16.6 Å². The Hall–Kier alpha value is -0.310. The van der Waals surface area contributed by atoms with E-state index in [4.69, 9.17) is 28.9 Å². The van der Waals surface area contributed by atoms with Gasteiger partial charge in [-0.3, -0.25) is 0 Å². The molecule has 0 saturated carbocycles. The van der Waals surface area contributed by atoms with Gasteiger partial charge in [-0.2, -0.15) is 0 Å². The van der Waals surface area contributed by atoms with Crippen molar-refractivity contribution in [3.05, 3.63) is 33.6 Å². The molecule has 0 aliphatic heterocycles. The smallest absolute Gasteiger partial charge is 0.146 e. The minimum Gasteiger partial charge on any atom is -0.324 e. The van der Waals surface area contributed by atoms with Crippen LogP contribution >= 0.6 is 23.2 Å². The topological polar surface area (TPSA) is 26.0 Å². The summed E-state index contributed by atoms with van der Waals surface area (Å²) in [7, 11) is 0. The van der Waals surface area contributed by atoms with E-state index in [9.17, 15) is 4.39 Å². The Labute approximate surface area is 86.6 Å². The van der Waals surface area contributed by atoms with Crippen LogP contribution in [0.3, 0.4) is 0 Å². The van der Waals surface area contributed by atoms with Gasteiger partial charge in [0.15, 0.2) is 0 Å². The quantitative estimate of drug-likeness (QED) is 0.761. The van der Waals surface area contributed by atoms with Crippen LogP contribution in [0.2, 0.25) is 10.0 Å². The van der Waals surface area contributed by atoms with Crippen LogP contribution in [0.15, 0.2) is 12.1 Å². The molecular weight excluding hydrogens is 212 g/mol. The molecule has 1 aromatic rings. The molecule has 0 amide bonds. The Bertz CT molecular complexity index is 315. The molecule has 2 N–H and O–H groups in total. The van der Waals surface area contributed by atoms with Gasteiger partial charge in [0.1, 0.15) is 5.82 Å². The first-order chi connectivity index (χ1) is 6.06. The van der Waals surface area contributed by atoms with Gasteiger partial charge in [-0.15, -0.1) is 0 Å². The highest BCUT2D eigenvalue weighted by molar-refractivity contribution is 6.34. The summed E-state index contributed by atoms with van der Waals surface area (Å²) in [6.45, 7) is 1.87. The highest BCUT2D eigenvalue weighted by atomic mass is 35.5. The molecule has 0 aromatic heterocycles. The molecule has 1 aromatic carbocycles. The SMILES string of the molecule is CC[C@@H](N)c1cc(Cl)cc(Cl)c1F. The molecule has 0 aliphatic rings. The van der Waals surface area contributed by atoms with Crippen LogP contribution < -0.4 is 5.73 Å². The van der Waals surface area contributed by atoms with Crippen LogP contribution in [0.1, 0.15) is 24.9 Å². The van der Waals surface area contributed by atoms with Gasteiger partial charge >= 0.3 is 0 Å². The van der Waals surface area contributed by atoms with E-state index in [-0.39, 0.29) is 11.1 Å². The molecule has 0 radical (unpaired) electrons. The van der Waals surface area contributed by atoms with Crippen molar-refractivity contribution >= 4 is 23.2 Å². The van der Waals surface area contributed by atoms with E-state index < -0.39 is 5.82 Å². The lowest BCUT2D eigenvalue weighted by Gasteiger charge is -2.11. The predicted octanol–water partition coefficient (Wildman–Crippen LogP) is 3.54. The number of rotatable bonds is 2. The molecule has 0 unspecified atom stereocenters. The second-order valence-corrected chi connectivity index (χ2v) is 3.65. The Kier molecular flexibility index (Phi) is 3.54. The Balaban J connectivity index is 3.20. The number of nitrogens with two attached hydrogens (primary N) is 1. The van der Waals surface area contributed by atoms with E-state index in [0.717, 1.165) is 0 Å². The normalized spacial score (nSPS) is 13.0. The summed E-state index contributed by atoms with van der Waals surface area (Å²) < 4.78 is 13.3. The highest BCUT2D eigenvalue weighted by Crippen LogP contribution is 2.27. The molecule has 0 saturated heterocycles. The van der Waals surface area contributed by atoms with Crippen molar-refractivity contribution in [3.8, 4) is 0 Å². The first kappa shape index (κ1) is 10.8. The predicted molar refractivity (Wildman–Crippen MR) is 53.6 cm³/mol. The molecule has 0 bridgehead atoms. The molecule has 72 valence electrons. The van der Waals surface area contributed by atoms with E-state index in [1.807, 2.05) is 6.92 Å². The summed E-state index contributed by atoms with van der Waals surface area (Å²) in [4.78, 5) is 0. The maximum absolute atomic E-state index is 13.3. The van der Waals surface area contributed by atoms with Crippen LogP contribution in [0, 0.1) is 5.82 Å². The third kappa shape index (κ3) is 2.33. The molecular formula is C9H10Cl2FN. The lowest BCUT2D eigenvalue weighted by Crippen LogP contribution is -2.10. The fourth-order valence-corrected chi connectivity index (χ4v) is 1.57. The maximum atomic E-state index is 13.3. The number of hydrogen-bond acceptors (Lipinski definition) is 1. The maximum Gasteiger partial charge on any atom is 0.146 e. The second-order valence-electron chi connectivity index (χ2n) is 2.81. The minimum atomic E-state index is -0.472. The molecule has 1 atom stereocenters. The molecule has 0 heterocycles. The molecule has 1 nitrogen and oxygen atoms in total. The van der Waals surface area contributed by atoms with Crippen LogP contribution in [0.4, 0.5) is 4.39 Å². The molecule has 0 spiro atoms. The largest absolute Gasteiger partial charge is 0.324 e. The minimum absolute atomic E-state index is 0.0198. The Morgan fingerprint density at radius 3 is 2.62 bits per heavy atom. The van der Waals surface area contributed by atoms with Crippen LogP contribution in [0.25, 0.3) is 0 Å². The van der Waals surface area contributed by atoms with E-state index in [1.54, 1.807) is 0 Å². The highest BCUT2D eigenvalue weighted by Gasteiger charge is 2.13. The van der Waals surface area contributed by atoms with E-state index in [2.05, 4.69) is 0 Å². The van der Waals surface area contributed by atoms with Crippen molar-refractivity contribution < 1.29 is 4.39 Å². The van der Waals surface area contributed by atoms with Gasteiger partial charge in [-0.1, -0.05) is 30.1 Å². The molecule has 4 heteroatoms. The van der Waals surface area contributed by atoms with Crippen molar-refractivity contribution in [1.29, 1.82) is 0 Å². The molecule has 0 aliphatic carbocycles. The van der Waals surface area contributed by atoms with Gasteiger partial charge in [0.05, 0.1) is 5.02 Å². The fraction of sp³-hybridized carbons (Fsp3) is 0.333. The van der Waals surface area contributed by atoms with Gasteiger partial charge in [0.2, 0.25) is 0 Å². The second kappa shape index (κ2) is 4.27. The summed E-state index contributed by atoms with van der Waals surface area (Å²) in [5, 5.41) is 0.428. The average Bonchev–Trinajstić information content (AvgIpc) is 2.10.